The number of esters is 1. The highest BCUT2D eigenvalue weighted by molar-refractivity contribution is 5.85. The van der Waals surface area contributed by atoms with Crippen molar-refractivity contribution in [2.45, 2.75) is 20.0 Å². The van der Waals surface area contributed by atoms with E-state index in [9.17, 15) is 4.79 Å². The molecular weight excluding hydrogens is 248 g/mol. The summed E-state index contributed by atoms with van der Waals surface area (Å²) in [5.74, 6) is 0.0627. The Bertz CT molecular complexity index is 423. The lowest BCUT2D eigenvalue weighted by Crippen LogP contribution is -2.29. The molecule has 0 aromatic carbocycles. The molecule has 0 bridgehead atoms. The lowest BCUT2D eigenvalue weighted by molar-refractivity contribution is 0.0586. The zero-order valence-electron chi connectivity index (χ0n) is 11.4. The van der Waals surface area contributed by atoms with Crippen molar-refractivity contribution < 1.29 is 14.6 Å². The number of nitrogens with zero attached hydrogens (tertiary/aromatic N) is 2. The molecule has 0 amide bonds. The lowest BCUT2D eigenvalue weighted by atomic mass is 10.4. The molecule has 1 aromatic heterocycles. The Kier molecular flexibility index (Phi) is 6.17. The zero-order valence-corrected chi connectivity index (χ0v) is 11.4. The van der Waals surface area contributed by atoms with E-state index in [1.54, 1.807) is 19.9 Å². The van der Waals surface area contributed by atoms with E-state index >= 15 is 0 Å². The van der Waals surface area contributed by atoms with Crippen LogP contribution >= 0.6 is 0 Å². The van der Waals surface area contributed by atoms with E-state index in [2.05, 4.69) is 25.3 Å². The van der Waals surface area contributed by atoms with Crippen LogP contribution in [-0.4, -0.2) is 53.9 Å². The fraction of sp³-hybridized carbons (Fsp3) is 0.583. The molecule has 0 aliphatic carbocycles. The predicted octanol–water partition coefficient (Wildman–Crippen LogP) is -0.0461. The molecule has 7 nitrogen and oxygen atoms in total. The van der Waals surface area contributed by atoms with Crippen molar-refractivity contribution in [1.29, 1.82) is 0 Å². The number of ether oxygens (including phenoxy) is 1. The summed E-state index contributed by atoms with van der Waals surface area (Å²) in [5.41, 5.74) is 0.690. The van der Waals surface area contributed by atoms with E-state index in [-0.39, 0.29) is 11.9 Å². The number of hydrogen-bond acceptors (Lipinski definition) is 7. The molecule has 106 valence electrons. The molecule has 3 N–H and O–H groups in total. The summed E-state index contributed by atoms with van der Waals surface area (Å²) in [6.45, 7) is 5.35. The van der Waals surface area contributed by atoms with Gasteiger partial charge in [0.25, 0.3) is 0 Å². The maximum absolute atomic E-state index is 11.4. The normalized spacial score (nSPS) is 12.0. The number of aryl methyl sites for hydroxylation is 1. The summed E-state index contributed by atoms with van der Waals surface area (Å²) in [7, 11) is 1.29. The molecule has 19 heavy (non-hydrogen) atoms. The van der Waals surface area contributed by atoms with Crippen molar-refractivity contribution in [2.75, 3.05) is 32.1 Å². The van der Waals surface area contributed by atoms with Crippen LogP contribution in [0.1, 0.15) is 23.2 Å². The molecule has 0 spiro atoms. The van der Waals surface area contributed by atoms with Crippen LogP contribution in [0, 0.1) is 6.92 Å². The second kappa shape index (κ2) is 7.65. The number of aliphatic hydroxyl groups is 1. The van der Waals surface area contributed by atoms with Gasteiger partial charge in [-0.15, -0.1) is 0 Å². The Labute approximate surface area is 112 Å². The third kappa shape index (κ3) is 5.62. The minimum Gasteiger partial charge on any atom is -0.463 e. The first-order chi connectivity index (χ1) is 9.02. The quantitative estimate of drug-likeness (QED) is 0.471. The van der Waals surface area contributed by atoms with Crippen LogP contribution in [0.25, 0.3) is 0 Å². The van der Waals surface area contributed by atoms with Gasteiger partial charge in [-0.05, 0) is 13.8 Å². The first kappa shape index (κ1) is 15.3. The van der Waals surface area contributed by atoms with Crippen molar-refractivity contribution in [2.24, 2.45) is 0 Å². The van der Waals surface area contributed by atoms with Crippen LogP contribution in [0.5, 0.6) is 0 Å². The number of nitrogens with one attached hydrogen (secondary N) is 2. The smallest absolute Gasteiger partial charge is 0.376 e. The summed E-state index contributed by atoms with van der Waals surface area (Å²) in [4.78, 5) is 19.4. The molecular formula is C12H20N4O3. The zero-order chi connectivity index (χ0) is 14.3. The van der Waals surface area contributed by atoms with E-state index in [0.717, 1.165) is 0 Å². The summed E-state index contributed by atoms with van der Waals surface area (Å²) < 4.78 is 4.58. The van der Waals surface area contributed by atoms with Gasteiger partial charge in [0, 0.05) is 31.4 Å². The molecule has 1 aromatic rings. The number of carbonyl (C=O) groups excluding carboxylic acids is 1. The highest BCUT2D eigenvalue weighted by atomic mass is 16.5. The largest absolute Gasteiger partial charge is 0.463 e. The van der Waals surface area contributed by atoms with Gasteiger partial charge >= 0.3 is 5.97 Å². The van der Waals surface area contributed by atoms with Crippen LogP contribution in [0.2, 0.25) is 0 Å². The van der Waals surface area contributed by atoms with E-state index in [4.69, 9.17) is 5.11 Å². The highest BCUT2D eigenvalue weighted by Gasteiger charge is 2.11. The Hall–Kier alpha value is -1.73. The number of anilines is 1. The van der Waals surface area contributed by atoms with Gasteiger partial charge in [-0.3, -0.25) is 0 Å². The van der Waals surface area contributed by atoms with Crippen LogP contribution in [0.15, 0.2) is 6.07 Å². The number of aliphatic hydroxyl groups excluding tert-OH is 1. The molecule has 0 saturated heterocycles. The van der Waals surface area contributed by atoms with Crippen molar-refractivity contribution >= 4 is 11.8 Å². The molecule has 1 unspecified atom stereocenters. The average Bonchev–Trinajstić information content (AvgIpc) is 2.36. The van der Waals surface area contributed by atoms with Gasteiger partial charge in [-0.25, -0.2) is 14.8 Å². The fourth-order valence-electron chi connectivity index (χ4n) is 1.43. The number of aromatic nitrogens is 2. The van der Waals surface area contributed by atoms with E-state index in [1.165, 1.54) is 7.11 Å². The summed E-state index contributed by atoms with van der Waals surface area (Å²) in [6.07, 6.45) is -0.368. The Balaban J connectivity index is 2.49. The van der Waals surface area contributed by atoms with Gasteiger partial charge in [-0.1, -0.05) is 0 Å². The lowest BCUT2D eigenvalue weighted by Gasteiger charge is -2.09. The summed E-state index contributed by atoms with van der Waals surface area (Å²) >= 11 is 0. The first-order valence-corrected chi connectivity index (χ1v) is 6.09. The van der Waals surface area contributed by atoms with Crippen molar-refractivity contribution in [1.82, 2.24) is 15.3 Å². The number of hydrogen-bond donors (Lipinski definition) is 3. The number of rotatable bonds is 7. The topological polar surface area (TPSA) is 96.4 Å². The van der Waals surface area contributed by atoms with Gasteiger partial charge in [0.15, 0.2) is 0 Å². The standard InChI is InChI=1S/C12H20N4O3/c1-8-6-10(14-5-4-13-7-9(2)17)16-11(15-8)12(18)19-3/h6,9,13,17H,4-5,7H2,1-3H3,(H,14,15,16). The fourth-order valence-corrected chi connectivity index (χ4v) is 1.43. The average molecular weight is 268 g/mol. The monoisotopic (exact) mass is 268 g/mol. The Morgan fingerprint density at radius 2 is 2.21 bits per heavy atom. The number of carbonyl (C=O) groups is 1. The maximum atomic E-state index is 11.4. The first-order valence-electron chi connectivity index (χ1n) is 6.09. The molecule has 1 rings (SSSR count). The molecule has 1 atom stereocenters. The van der Waals surface area contributed by atoms with E-state index < -0.39 is 5.97 Å². The molecule has 0 radical (unpaired) electrons. The Morgan fingerprint density at radius 1 is 1.47 bits per heavy atom. The molecule has 0 aliphatic heterocycles. The third-order valence-corrected chi connectivity index (χ3v) is 2.27. The second-order valence-corrected chi connectivity index (χ2v) is 4.19. The van der Waals surface area contributed by atoms with Crippen LogP contribution in [-0.2, 0) is 4.74 Å². The predicted molar refractivity (Wildman–Crippen MR) is 71.1 cm³/mol. The molecule has 7 heteroatoms. The van der Waals surface area contributed by atoms with Crippen molar-refractivity contribution in [3.63, 3.8) is 0 Å². The second-order valence-electron chi connectivity index (χ2n) is 4.19. The van der Waals surface area contributed by atoms with Crippen LogP contribution < -0.4 is 10.6 Å². The van der Waals surface area contributed by atoms with Gasteiger partial charge in [0.05, 0.1) is 13.2 Å². The minimum absolute atomic E-state index is 0.0435. The van der Waals surface area contributed by atoms with Gasteiger partial charge in [0.1, 0.15) is 5.82 Å². The molecule has 1 heterocycles. The van der Waals surface area contributed by atoms with Crippen molar-refractivity contribution in [3.05, 3.63) is 17.6 Å². The molecule has 0 aliphatic rings. The SMILES string of the molecule is COC(=O)c1nc(C)cc(NCCNCC(C)O)n1. The Morgan fingerprint density at radius 3 is 2.84 bits per heavy atom. The summed E-state index contributed by atoms with van der Waals surface area (Å²) in [6, 6.07) is 1.75. The van der Waals surface area contributed by atoms with E-state index in [1.807, 2.05) is 0 Å². The van der Waals surface area contributed by atoms with Crippen LogP contribution in [0.4, 0.5) is 5.82 Å². The minimum atomic E-state index is -0.556. The van der Waals surface area contributed by atoms with Crippen molar-refractivity contribution in [3.8, 4) is 0 Å². The van der Waals surface area contributed by atoms with E-state index in [0.29, 0.717) is 31.1 Å². The molecule has 0 fully saturated rings. The van der Waals surface area contributed by atoms with Crippen LogP contribution in [0.3, 0.4) is 0 Å². The maximum Gasteiger partial charge on any atom is 0.376 e. The van der Waals surface area contributed by atoms with Gasteiger partial charge in [0.2, 0.25) is 5.82 Å². The number of methoxy groups -OCH3 is 1. The van der Waals surface area contributed by atoms with Gasteiger partial charge in [-0.2, -0.15) is 0 Å². The molecule has 0 saturated carbocycles. The van der Waals surface area contributed by atoms with Gasteiger partial charge < -0.3 is 20.5 Å². The third-order valence-electron chi connectivity index (χ3n) is 2.27. The summed E-state index contributed by atoms with van der Waals surface area (Å²) in [5, 5.41) is 15.2. The highest BCUT2D eigenvalue weighted by Crippen LogP contribution is 2.06.